The standard InChI is InChI=1S/C24H23Cl3FN3O2S/c1-14-3-9-19(28)12-23(14)34(32,33)29-13-21-15(2)24(16-4-6-17(25)7-5-16)31(30-21)22-10-8-18(26)11-20(22)27/h3-4,6-12,15-16,24,29H,5,13H2,1-2H3/t15-,16?,24-/m0/s1. The minimum absolute atomic E-state index is 0.0231. The van der Waals surface area contributed by atoms with Gasteiger partial charge in [-0.1, -0.05) is 59.9 Å². The summed E-state index contributed by atoms with van der Waals surface area (Å²) in [4.78, 5) is -0.0945. The van der Waals surface area contributed by atoms with Crippen LogP contribution < -0.4 is 9.73 Å². The second-order valence-electron chi connectivity index (χ2n) is 8.39. The summed E-state index contributed by atoms with van der Waals surface area (Å²) in [6.45, 7) is 3.60. The third kappa shape index (κ3) is 5.19. The Morgan fingerprint density at radius 1 is 1.18 bits per heavy atom. The summed E-state index contributed by atoms with van der Waals surface area (Å²) in [7, 11) is -3.94. The third-order valence-electron chi connectivity index (χ3n) is 6.12. The fourth-order valence-electron chi connectivity index (χ4n) is 4.31. The largest absolute Gasteiger partial charge is 0.260 e. The van der Waals surface area contributed by atoms with Crippen molar-refractivity contribution in [3.05, 3.63) is 81.1 Å². The molecule has 2 aromatic rings. The zero-order valence-electron chi connectivity index (χ0n) is 18.5. The number of allylic oxidation sites excluding steroid dienone is 3. The molecule has 10 heteroatoms. The molecule has 0 saturated heterocycles. The lowest BCUT2D eigenvalue weighted by molar-refractivity contribution is 0.434. The van der Waals surface area contributed by atoms with Crippen molar-refractivity contribution in [3.8, 4) is 0 Å². The monoisotopic (exact) mass is 541 g/mol. The van der Waals surface area contributed by atoms with Gasteiger partial charge in [0.05, 0.1) is 33.9 Å². The van der Waals surface area contributed by atoms with Gasteiger partial charge in [0, 0.05) is 21.9 Å². The molecular formula is C24H23Cl3FN3O2S. The Balaban J connectivity index is 1.64. The predicted molar refractivity (Wildman–Crippen MR) is 137 cm³/mol. The number of anilines is 1. The Kier molecular flexibility index (Phi) is 7.41. The number of sulfonamides is 1. The van der Waals surface area contributed by atoms with Gasteiger partial charge in [-0.15, -0.1) is 0 Å². The number of nitrogens with one attached hydrogen (secondary N) is 1. The van der Waals surface area contributed by atoms with Crippen LogP contribution in [0.15, 0.2) is 69.7 Å². The van der Waals surface area contributed by atoms with Crippen molar-refractivity contribution < 1.29 is 12.8 Å². The number of halogens is 4. The maximum absolute atomic E-state index is 13.7. The lowest BCUT2D eigenvalue weighted by Gasteiger charge is -2.33. The van der Waals surface area contributed by atoms with E-state index in [1.807, 2.05) is 30.2 Å². The molecule has 1 N–H and O–H groups in total. The quantitative estimate of drug-likeness (QED) is 0.466. The van der Waals surface area contributed by atoms with E-state index in [4.69, 9.17) is 39.9 Å². The minimum Gasteiger partial charge on any atom is -0.260 e. The molecule has 0 saturated carbocycles. The lowest BCUT2D eigenvalue weighted by Crippen LogP contribution is -2.40. The molecule has 1 aliphatic heterocycles. The number of aryl methyl sites for hydroxylation is 1. The Hall–Kier alpha value is -1.90. The second-order valence-corrected chi connectivity index (χ2v) is 11.4. The van der Waals surface area contributed by atoms with Gasteiger partial charge in [0.25, 0.3) is 0 Å². The van der Waals surface area contributed by atoms with E-state index < -0.39 is 15.8 Å². The number of hydrogen-bond donors (Lipinski definition) is 1. The van der Waals surface area contributed by atoms with Crippen LogP contribution in [0.1, 0.15) is 18.9 Å². The topological polar surface area (TPSA) is 61.8 Å². The summed E-state index contributed by atoms with van der Waals surface area (Å²) in [5.41, 5.74) is 1.78. The van der Waals surface area contributed by atoms with Crippen molar-refractivity contribution in [2.45, 2.75) is 31.2 Å². The molecule has 0 bridgehead atoms. The van der Waals surface area contributed by atoms with E-state index in [0.29, 0.717) is 38.5 Å². The van der Waals surface area contributed by atoms with E-state index in [1.165, 1.54) is 12.1 Å². The second kappa shape index (κ2) is 9.99. The summed E-state index contributed by atoms with van der Waals surface area (Å²) in [6.07, 6.45) is 6.56. The highest BCUT2D eigenvalue weighted by Crippen LogP contribution is 2.40. The third-order valence-corrected chi connectivity index (χ3v) is 8.48. The molecular weight excluding hydrogens is 520 g/mol. The van der Waals surface area contributed by atoms with Crippen molar-refractivity contribution >= 4 is 56.2 Å². The van der Waals surface area contributed by atoms with Crippen molar-refractivity contribution in [1.29, 1.82) is 0 Å². The van der Waals surface area contributed by atoms with Crippen LogP contribution in [-0.4, -0.2) is 26.7 Å². The number of hydrazone groups is 1. The van der Waals surface area contributed by atoms with Crippen LogP contribution in [-0.2, 0) is 10.0 Å². The van der Waals surface area contributed by atoms with Gasteiger partial charge in [0.15, 0.2) is 0 Å². The van der Waals surface area contributed by atoms with Crippen molar-refractivity contribution in [2.24, 2.45) is 16.9 Å². The number of nitrogens with zero attached hydrogens (tertiary/aromatic N) is 2. The van der Waals surface area contributed by atoms with E-state index in [1.54, 1.807) is 25.1 Å². The first-order valence-electron chi connectivity index (χ1n) is 10.7. The Morgan fingerprint density at radius 3 is 2.62 bits per heavy atom. The van der Waals surface area contributed by atoms with Crippen LogP contribution >= 0.6 is 34.8 Å². The smallest absolute Gasteiger partial charge is 0.241 e. The van der Waals surface area contributed by atoms with Crippen LogP contribution in [0.5, 0.6) is 0 Å². The summed E-state index contributed by atoms with van der Waals surface area (Å²) in [5, 5.41) is 8.24. The first kappa shape index (κ1) is 25.2. The molecule has 1 unspecified atom stereocenters. The fraction of sp³-hybridized carbons (Fsp3) is 0.292. The van der Waals surface area contributed by atoms with Crippen LogP contribution in [0.4, 0.5) is 10.1 Å². The van der Waals surface area contributed by atoms with Gasteiger partial charge in [-0.2, -0.15) is 5.10 Å². The highest BCUT2D eigenvalue weighted by molar-refractivity contribution is 7.89. The van der Waals surface area contributed by atoms with Gasteiger partial charge in [-0.25, -0.2) is 17.5 Å². The Bertz CT molecular complexity index is 1310. The molecule has 180 valence electrons. The van der Waals surface area contributed by atoms with Crippen LogP contribution in [0.25, 0.3) is 0 Å². The molecule has 4 rings (SSSR count). The fourth-order valence-corrected chi connectivity index (χ4v) is 6.22. The van der Waals surface area contributed by atoms with Crippen LogP contribution in [0.3, 0.4) is 0 Å². The predicted octanol–water partition coefficient (Wildman–Crippen LogP) is 6.30. The van der Waals surface area contributed by atoms with E-state index in [0.717, 1.165) is 6.07 Å². The maximum Gasteiger partial charge on any atom is 0.241 e. The molecule has 2 aromatic carbocycles. The summed E-state index contributed by atoms with van der Waals surface area (Å²) in [6, 6.07) is 8.75. The van der Waals surface area contributed by atoms with Crippen LogP contribution in [0, 0.1) is 24.6 Å². The zero-order chi connectivity index (χ0) is 24.6. The van der Waals surface area contributed by atoms with Gasteiger partial charge >= 0.3 is 0 Å². The van der Waals surface area contributed by atoms with Crippen molar-refractivity contribution in [2.75, 3.05) is 11.6 Å². The minimum atomic E-state index is -3.94. The SMILES string of the molecule is Cc1ccc(F)cc1S(=O)(=O)NCC1=NN(c2ccc(Cl)cc2Cl)[C@H](C2C=CC(Cl)=CC2)[C@H]1C. The maximum atomic E-state index is 13.7. The highest BCUT2D eigenvalue weighted by Gasteiger charge is 2.40. The van der Waals surface area contributed by atoms with Gasteiger partial charge in [-0.3, -0.25) is 5.01 Å². The summed E-state index contributed by atoms with van der Waals surface area (Å²) in [5.74, 6) is -0.646. The van der Waals surface area contributed by atoms with E-state index >= 15 is 0 Å². The zero-order valence-corrected chi connectivity index (χ0v) is 21.6. The van der Waals surface area contributed by atoms with Crippen LogP contribution in [0.2, 0.25) is 10.0 Å². The van der Waals surface area contributed by atoms with Gasteiger partial charge < -0.3 is 0 Å². The van der Waals surface area contributed by atoms with Gasteiger partial charge in [0.2, 0.25) is 10.0 Å². The molecule has 5 nitrogen and oxygen atoms in total. The average Bonchev–Trinajstić information content (AvgIpc) is 3.10. The summed E-state index contributed by atoms with van der Waals surface area (Å²) < 4.78 is 42.1. The first-order valence-corrected chi connectivity index (χ1v) is 13.3. The first-order chi connectivity index (χ1) is 16.1. The molecule has 0 fully saturated rings. The highest BCUT2D eigenvalue weighted by atomic mass is 35.5. The summed E-state index contributed by atoms with van der Waals surface area (Å²) >= 11 is 18.7. The van der Waals surface area contributed by atoms with E-state index in [2.05, 4.69) is 4.72 Å². The number of benzene rings is 2. The molecule has 0 amide bonds. The lowest BCUT2D eigenvalue weighted by atomic mass is 9.83. The molecule has 2 aliphatic rings. The van der Waals surface area contributed by atoms with Crippen molar-refractivity contribution in [3.63, 3.8) is 0 Å². The Labute approximate surface area is 213 Å². The normalized spacial score (nSPS) is 22.6. The number of rotatable bonds is 6. The van der Waals surface area contributed by atoms with Gasteiger partial charge in [-0.05, 0) is 55.3 Å². The number of hydrogen-bond acceptors (Lipinski definition) is 4. The molecule has 0 aromatic heterocycles. The van der Waals surface area contributed by atoms with E-state index in [9.17, 15) is 12.8 Å². The molecule has 1 aliphatic carbocycles. The molecule has 1 heterocycles. The van der Waals surface area contributed by atoms with Gasteiger partial charge in [0.1, 0.15) is 5.82 Å². The Morgan fingerprint density at radius 2 is 1.94 bits per heavy atom. The molecule has 0 spiro atoms. The molecule has 3 atom stereocenters. The van der Waals surface area contributed by atoms with E-state index in [-0.39, 0.29) is 29.3 Å². The molecule has 0 radical (unpaired) electrons. The average molecular weight is 543 g/mol. The van der Waals surface area contributed by atoms with Crippen molar-refractivity contribution in [1.82, 2.24) is 4.72 Å². The molecule has 34 heavy (non-hydrogen) atoms.